The van der Waals surface area contributed by atoms with Gasteiger partial charge >= 0.3 is 0 Å². The second kappa shape index (κ2) is 7.90. The highest BCUT2D eigenvalue weighted by molar-refractivity contribution is 6.30. The van der Waals surface area contributed by atoms with E-state index in [-0.39, 0.29) is 0 Å². The van der Waals surface area contributed by atoms with E-state index in [2.05, 4.69) is 18.3 Å². The zero-order chi connectivity index (χ0) is 14.4. The zero-order valence-corrected chi connectivity index (χ0v) is 13.4. The number of methoxy groups -OCH3 is 1. The summed E-state index contributed by atoms with van der Waals surface area (Å²) in [5.41, 5.74) is 1.25. The summed E-state index contributed by atoms with van der Waals surface area (Å²) in [6, 6.07) is 5.95. The Labute approximate surface area is 127 Å². The highest BCUT2D eigenvalue weighted by atomic mass is 35.5. The first kappa shape index (κ1) is 15.7. The molecule has 0 amide bonds. The van der Waals surface area contributed by atoms with Crippen molar-refractivity contribution in [3.8, 4) is 5.75 Å². The SMILES string of the molecule is CCNCC(Cc1cc(Cl)ccc1OC)C1CCCC1. The van der Waals surface area contributed by atoms with E-state index in [1.165, 1.54) is 31.2 Å². The topological polar surface area (TPSA) is 21.3 Å². The molecule has 0 radical (unpaired) electrons. The molecule has 3 heteroatoms. The maximum atomic E-state index is 6.15. The lowest BCUT2D eigenvalue weighted by Gasteiger charge is -2.24. The predicted molar refractivity (Wildman–Crippen MR) is 85.7 cm³/mol. The first-order valence-electron chi connectivity index (χ1n) is 7.77. The highest BCUT2D eigenvalue weighted by Crippen LogP contribution is 2.35. The smallest absolute Gasteiger partial charge is 0.122 e. The Bertz CT molecular complexity index is 415. The van der Waals surface area contributed by atoms with Crippen LogP contribution in [-0.2, 0) is 6.42 Å². The van der Waals surface area contributed by atoms with Crippen molar-refractivity contribution in [3.05, 3.63) is 28.8 Å². The van der Waals surface area contributed by atoms with Crippen molar-refractivity contribution in [1.82, 2.24) is 5.32 Å². The normalized spacial score (nSPS) is 17.4. The molecule has 1 aromatic rings. The molecular formula is C17H26ClNO. The van der Waals surface area contributed by atoms with Gasteiger partial charge in [-0.1, -0.05) is 44.2 Å². The lowest BCUT2D eigenvalue weighted by molar-refractivity contribution is 0.318. The summed E-state index contributed by atoms with van der Waals surface area (Å²) in [4.78, 5) is 0. The van der Waals surface area contributed by atoms with E-state index >= 15 is 0 Å². The van der Waals surface area contributed by atoms with Crippen LogP contribution in [-0.4, -0.2) is 20.2 Å². The number of rotatable bonds is 7. The van der Waals surface area contributed by atoms with Gasteiger partial charge < -0.3 is 10.1 Å². The Morgan fingerprint density at radius 3 is 2.75 bits per heavy atom. The predicted octanol–water partition coefficient (Wildman–Crippen LogP) is 4.31. The highest BCUT2D eigenvalue weighted by Gasteiger charge is 2.25. The van der Waals surface area contributed by atoms with Gasteiger partial charge in [0.15, 0.2) is 0 Å². The average molecular weight is 296 g/mol. The van der Waals surface area contributed by atoms with Crippen molar-refractivity contribution in [2.75, 3.05) is 20.2 Å². The first-order chi connectivity index (χ1) is 9.74. The summed E-state index contributed by atoms with van der Waals surface area (Å²) in [5, 5.41) is 4.32. The molecule has 20 heavy (non-hydrogen) atoms. The standard InChI is InChI=1S/C17H26ClNO/c1-3-19-12-15(13-6-4-5-7-13)10-14-11-16(18)8-9-17(14)20-2/h8-9,11,13,15,19H,3-7,10,12H2,1-2H3. The number of hydrogen-bond acceptors (Lipinski definition) is 2. The molecule has 1 aromatic carbocycles. The molecule has 1 aliphatic carbocycles. The van der Waals surface area contributed by atoms with Crippen LogP contribution in [0.1, 0.15) is 38.2 Å². The molecule has 1 saturated carbocycles. The van der Waals surface area contributed by atoms with E-state index in [9.17, 15) is 0 Å². The Morgan fingerprint density at radius 1 is 1.35 bits per heavy atom. The second-order valence-electron chi connectivity index (χ2n) is 5.77. The summed E-state index contributed by atoms with van der Waals surface area (Å²) < 4.78 is 5.49. The van der Waals surface area contributed by atoms with Gasteiger partial charge in [0.1, 0.15) is 5.75 Å². The number of benzene rings is 1. The van der Waals surface area contributed by atoms with E-state index in [1.54, 1.807) is 7.11 Å². The molecule has 112 valence electrons. The van der Waals surface area contributed by atoms with Gasteiger partial charge in [0, 0.05) is 5.02 Å². The molecule has 0 aliphatic heterocycles. The summed E-state index contributed by atoms with van der Waals surface area (Å²) in [6.07, 6.45) is 6.58. The van der Waals surface area contributed by atoms with Crippen molar-refractivity contribution in [2.24, 2.45) is 11.8 Å². The van der Waals surface area contributed by atoms with Crippen molar-refractivity contribution >= 4 is 11.6 Å². The van der Waals surface area contributed by atoms with Gasteiger partial charge in [0.25, 0.3) is 0 Å². The lowest BCUT2D eigenvalue weighted by atomic mass is 9.85. The van der Waals surface area contributed by atoms with E-state index in [1.807, 2.05) is 12.1 Å². The van der Waals surface area contributed by atoms with Gasteiger partial charge in [-0.15, -0.1) is 0 Å². The molecule has 1 N–H and O–H groups in total. The first-order valence-corrected chi connectivity index (χ1v) is 8.15. The third-order valence-corrected chi connectivity index (χ3v) is 4.68. The van der Waals surface area contributed by atoms with Gasteiger partial charge in [0.2, 0.25) is 0 Å². The maximum Gasteiger partial charge on any atom is 0.122 e. The molecular weight excluding hydrogens is 270 g/mol. The van der Waals surface area contributed by atoms with Crippen LogP contribution in [0.15, 0.2) is 18.2 Å². The van der Waals surface area contributed by atoms with Crippen molar-refractivity contribution in [1.29, 1.82) is 0 Å². The van der Waals surface area contributed by atoms with Gasteiger partial charge in [0.05, 0.1) is 7.11 Å². The molecule has 0 heterocycles. The number of ether oxygens (including phenoxy) is 1. The van der Waals surface area contributed by atoms with Crippen molar-refractivity contribution in [3.63, 3.8) is 0 Å². The fraction of sp³-hybridized carbons (Fsp3) is 0.647. The zero-order valence-electron chi connectivity index (χ0n) is 12.6. The van der Waals surface area contributed by atoms with Crippen LogP contribution in [0.3, 0.4) is 0 Å². The van der Waals surface area contributed by atoms with Gasteiger partial charge in [-0.3, -0.25) is 0 Å². The Balaban J connectivity index is 2.11. The fourth-order valence-corrected chi connectivity index (χ4v) is 3.55. The maximum absolute atomic E-state index is 6.15. The molecule has 0 spiro atoms. The van der Waals surface area contributed by atoms with E-state index in [4.69, 9.17) is 16.3 Å². The van der Waals surface area contributed by atoms with Crippen LogP contribution in [0.2, 0.25) is 5.02 Å². The molecule has 1 atom stereocenters. The van der Waals surface area contributed by atoms with E-state index in [0.717, 1.165) is 36.2 Å². The molecule has 1 aliphatic rings. The van der Waals surface area contributed by atoms with E-state index < -0.39 is 0 Å². The minimum atomic E-state index is 0.685. The van der Waals surface area contributed by atoms with Gasteiger partial charge in [-0.25, -0.2) is 0 Å². The Morgan fingerprint density at radius 2 is 2.10 bits per heavy atom. The molecule has 0 aromatic heterocycles. The summed E-state index contributed by atoms with van der Waals surface area (Å²) in [7, 11) is 1.74. The van der Waals surface area contributed by atoms with Crippen LogP contribution in [0, 0.1) is 11.8 Å². The molecule has 1 unspecified atom stereocenters. The number of nitrogens with one attached hydrogen (secondary N) is 1. The van der Waals surface area contributed by atoms with Gasteiger partial charge in [-0.2, -0.15) is 0 Å². The lowest BCUT2D eigenvalue weighted by Crippen LogP contribution is -2.29. The third kappa shape index (κ3) is 4.13. The minimum absolute atomic E-state index is 0.685. The van der Waals surface area contributed by atoms with Crippen LogP contribution in [0.25, 0.3) is 0 Å². The molecule has 0 saturated heterocycles. The van der Waals surface area contributed by atoms with Crippen LogP contribution >= 0.6 is 11.6 Å². The summed E-state index contributed by atoms with van der Waals surface area (Å²) in [5.74, 6) is 2.50. The van der Waals surface area contributed by atoms with Crippen LogP contribution < -0.4 is 10.1 Å². The van der Waals surface area contributed by atoms with Crippen molar-refractivity contribution < 1.29 is 4.74 Å². The van der Waals surface area contributed by atoms with Crippen LogP contribution in [0.4, 0.5) is 0 Å². The quantitative estimate of drug-likeness (QED) is 0.809. The second-order valence-corrected chi connectivity index (χ2v) is 6.21. The fourth-order valence-electron chi connectivity index (χ4n) is 3.35. The molecule has 0 bridgehead atoms. The Hall–Kier alpha value is -0.730. The monoisotopic (exact) mass is 295 g/mol. The molecule has 2 nitrogen and oxygen atoms in total. The van der Waals surface area contributed by atoms with E-state index in [0.29, 0.717) is 5.92 Å². The number of hydrogen-bond donors (Lipinski definition) is 1. The van der Waals surface area contributed by atoms with Gasteiger partial charge in [-0.05, 0) is 55.1 Å². The largest absolute Gasteiger partial charge is 0.496 e. The minimum Gasteiger partial charge on any atom is -0.496 e. The number of halogens is 1. The molecule has 1 fully saturated rings. The Kier molecular flexibility index (Phi) is 6.18. The summed E-state index contributed by atoms with van der Waals surface area (Å²) in [6.45, 7) is 4.30. The molecule has 2 rings (SSSR count). The third-order valence-electron chi connectivity index (χ3n) is 4.45. The van der Waals surface area contributed by atoms with Crippen molar-refractivity contribution in [2.45, 2.75) is 39.0 Å². The van der Waals surface area contributed by atoms with Crippen LogP contribution in [0.5, 0.6) is 5.75 Å². The summed E-state index contributed by atoms with van der Waals surface area (Å²) >= 11 is 6.15. The average Bonchev–Trinajstić information content (AvgIpc) is 2.97.